The van der Waals surface area contributed by atoms with E-state index in [1.165, 1.54) is 4.31 Å². The summed E-state index contributed by atoms with van der Waals surface area (Å²) in [5, 5.41) is 15.9. The zero-order valence-electron chi connectivity index (χ0n) is 15.5. The molecule has 0 spiro atoms. The number of carbonyl (C=O) groups excluding carboxylic acids is 1. The number of amides is 1. The van der Waals surface area contributed by atoms with Gasteiger partial charge in [0.15, 0.2) is 5.76 Å². The number of sulfonamides is 1. The van der Waals surface area contributed by atoms with Crippen molar-refractivity contribution in [1.29, 1.82) is 0 Å². The highest BCUT2D eigenvalue weighted by molar-refractivity contribution is 7.89. The van der Waals surface area contributed by atoms with Crippen molar-refractivity contribution in [2.75, 3.05) is 13.1 Å². The Labute approximate surface area is 158 Å². The number of carboxylic acid groups (broad SMARTS) is 1. The van der Waals surface area contributed by atoms with Crippen LogP contribution in [-0.2, 0) is 19.6 Å². The number of hydrogen-bond acceptors (Lipinski definition) is 6. The van der Waals surface area contributed by atoms with E-state index >= 15 is 0 Å². The van der Waals surface area contributed by atoms with E-state index in [9.17, 15) is 23.1 Å². The van der Waals surface area contributed by atoms with Crippen LogP contribution in [0.3, 0.4) is 0 Å². The molecule has 0 unspecified atom stereocenters. The van der Waals surface area contributed by atoms with Gasteiger partial charge < -0.3 is 14.9 Å². The van der Waals surface area contributed by atoms with Crippen molar-refractivity contribution in [2.45, 2.75) is 62.8 Å². The van der Waals surface area contributed by atoms with Gasteiger partial charge in [0.2, 0.25) is 15.9 Å². The SMILES string of the molecule is Cc1noc(C)c1S(=O)(=O)N1CCC(C(=O)NC2(C(=O)O)CCCC2)CC1. The van der Waals surface area contributed by atoms with Crippen LogP contribution in [0.15, 0.2) is 9.42 Å². The first-order valence-electron chi connectivity index (χ1n) is 9.16. The Kier molecular flexibility index (Phi) is 5.31. The monoisotopic (exact) mass is 399 g/mol. The molecule has 27 heavy (non-hydrogen) atoms. The largest absolute Gasteiger partial charge is 0.480 e. The summed E-state index contributed by atoms with van der Waals surface area (Å²) in [6, 6.07) is 0. The van der Waals surface area contributed by atoms with E-state index in [0.717, 1.165) is 12.8 Å². The second kappa shape index (κ2) is 7.23. The molecule has 2 aliphatic rings. The van der Waals surface area contributed by atoms with Gasteiger partial charge in [0, 0.05) is 19.0 Å². The first-order chi connectivity index (χ1) is 12.7. The smallest absolute Gasteiger partial charge is 0.329 e. The minimum absolute atomic E-state index is 0.0844. The highest BCUT2D eigenvalue weighted by Crippen LogP contribution is 2.32. The fraction of sp³-hybridized carbons (Fsp3) is 0.706. The van der Waals surface area contributed by atoms with Crippen molar-refractivity contribution in [3.05, 3.63) is 11.5 Å². The van der Waals surface area contributed by atoms with Crippen molar-refractivity contribution in [3.8, 4) is 0 Å². The zero-order chi connectivity index (χ0) is 19.8. The fourth-order valence-corrected chi connectivity index (χ4v) is 5.80. The summed E-state index contributed by atoms with van der Waals surface area (Å²) in [6.07, 6.45) is 3.14. The summed E-state index contributed by atoms with van der Waals surface area (Å²) in [4.78, 5) is 24.3. The number of aryl methyl sites for hydroxylation is 2. The molecule has 150 valence electrons. The maximum atomic E-state index is 12.8. The van der Waals surface area contributed by atoms with Crippen LogP contribution in [0.25, 0.3) is 0 Å². The first-order valence-corrected chi connectivity index (χ1v) is 10.6. The van der Waals surface area contributed by atoms with Crippen LogP contribution < -0.4 is 5.32 Å². The second-order valence-electron chi connectivity index (χ2n) is 7.42. The lowest BCUT2D eigenvalue weighted by atomic mass is 9.92. The van der Waals surface area contributed by atoms with E-state index < -0.39 is 27.4 Å². The molecular formula is C17H25N3O6S. The van der Waals surface area contributed by atoms with Crippen LogP contribution in [0.4, 0.5) is 0 Å². The Morgan fingerprint density at radius 3 is 2.30 bits per heavy atom. The molecule has 1 aromatic rings. The predicted molar refractivity (Wildman–Crippen MR) is 94.4 cm³/mol. The lowest BCUT2D eigenvalue weighted by molar-refractivity contribution is -0.148. The van der Waals surface area contributed by atoms with Gasteiger partial charge in [-0.2, -0.15) is 4.31 Å². The summed E-state index contributed by atoms with van der Waals surface area (Å²) in [5.41, 5.74) is -0.853. The normalized spacial score (nSPS) is 21.3. The summed E-state index contributed by atoms with van der Waals surface area (Å²) in [7, 11) is -3.73. The summed E-state index contributed by atoms with van der Waals surface area (Å²) < 4.78 is 32.0. The van der Waals surface area contributed by atoms with Crippen molar-refractivity contribution >= 4 is 21.9 Å². The van der Waals surface area contributed by atoms with Gasteiger partial charge in [0.25, 0.3) is 0 Å². The zero-order valence-corrected chi connectivity index (χ0v) is 16.3. The van der Waals surface area contributed by atoms with Gasteiger partial charge in [0.1, 0.15) is 16.1 Å². The Morgan fingerprint density at radius 2 is 1.81 bits per heavy atom. The maximum Gasteiger partial charge on any atom is 0.329 e. The highest BCUT2D eigenvalue weighted by Gasteiger charge is 2.44. The molecule has 2 N–H and O–H groups in total. The minimum atomic E-state index is -3.73. The Balaban J connectivity index is 1.65. The lowest BCUT2D eigenvalue weighted by Gasteiger charge is -2.33. The summed E-state index contributed by atoms with van der Waals surface area (Å²) in [6.45, 7) is 3.53. The third-order valence-corrected chi connectivity index (χ3v) is 7.76. The van der Waals surface area contributed by atoms with Crippen LogP contribution in [0.1, 0.15) is 50.0 Å². The lowest BCUT2D eigenvalue weighted by Crippen LogP contribution is -2.55. The maximum absolute atomic E-state index is 12.8. The Bertz CT molecular complexity index is 813. The van der Waals surface area contributed by atoms with Crippen molar-refractivity contribution in [3.63, 3.8) is 0 Å². The van der Waals surface area contributed by atoms with Gasteiger partial charge >= 0.3 is 5.97 Å². The molecule has 10 heteroatoms. The quantitative estimate of drug-likeness (QED) is 0.761. The van der Waals surface area contributed by atoms with E-state index in [1.807, 2.05) is 0 Å². The van der Waals surface area contributed by atoms with Crippen molar-refractivity contribution < 1.29 is 27.6 Å². The van der Waals surface area contributed by atoms with E-state index in [1.54, 1.807) is 13.8 Å². The molecule has 0 bridgehead atoms. The standard InChI is InChI=1S/C17H25N3O6S/c1-11-14(12(2)26-19-11)27(24,25)20-9-5-13(6-10-20)15(21)18-17(16(22)23)7-3-4-8-17/h13H,3-10H2,1-2H3,(H,18,21)(H,22,23). The number of hydrogen-bond donors (Lipinski definition) is 2. The highest BCUT2D eigenvalue weighted by atomic mass is 32.2. The number of carbonyl (C=O) groups is 2. The molecule has 1 saturated heterocycles. The molecular weight excluding hydrogens is 374 g/mol. The van der Waals surface area contributed by atoms with Crippen molar-refractivity contribution in [2.24, 2.45) is 5.92 Å². The molecule has 1 aliphatic heterocycles. The molecule has 1 aliphatic carbocycles. The van der Waals surface area contributed by atoms with Crippen LogP contribution in [0.2, 0.25) is 0 Å². The molecule has 1 aromatic heterocycles. The molecule has 0 radical (unpaired) electrons. The topological polar surface area (TPSA) is 130 Å². The average molecular weight is 399 g/mol. The number of nitrogens with zero attached hydrogens (tertiary/aromatic N) is 2. The number of piperidine rings is 1. The third kappa shape index (κ3) is 3.60. The molecule has 2 fully saturated rings. The number of aliphatic carboxylic acids is 1. The molecule has 0 aromatic carbocycles. The Morgan fingerprint density at radius 1 is 1.22 bits per heavy atom. The van der Waals surface area contributed by atoms with Gasteiger partial charge in [0.05, 0.1) is 0 Å². The van der Waals surface area contributed by atoms with E-state index in [2.05, 4.69) is 10.5 Å². The van der Waals surface area contributed by atoms with E-state index in [-0.39, 0.29) is 29.7 Å². The second-order valence-corrected chi connectivity index (χ2v) is 9.29. The van der Waals surface area contributed by atoms with Crippen LogP contribution in [0.5, 0.6) is 0 Å². The molecule has 3 rings (SSSR count). The van der Waals surface area contributed by atoms with Crippen LogP contribution >= 0.6 is 0 Å². The average Bonchev–Trinajstić information content (AvgIpc) is 3.22. The van der Waals surface area contributed by atoms with Crippen molar-refractivity contribution in [1.82, 2.24) is 14.8 Å². The predicted octanol–water partition coefficient (Wildman–Crippen LogP) is 1.21. The summed E-state index contributed by atoms with van der Waals surface area (Å²) >= 11 is 0. The Hall–Kier alpha value is -1.94. The number of aromatic nitrogens is 1. The first kappa shape index (κ1) is 19.8. The van der Waals surface area contributed by atoms with Gasteiger partial charge in [-0.05, 0) is 39.5 Å². The van der Waals surface area contributed by atoms with E-state index in [0.29, 0.717) is 31.4 Å². The molecule has 1 amide bonds. The minimum Gasteiger partial charge on any atom is -0.480 e. The summed E-state index contributed by atoms with van der Waals surface area (Å²) in [5.74, 6) is -1.43. The van der Waals surface area contributed by atoms with Crippen LogP contribution in [-0.4, -0.2) is 53.5 Å². The van der Waals surface area contributed by atoms with Gasteiger partial charge in [-0.3, -0.25) is 4.79 Å². The number of nitrogens with one attached hydrogen (secondary N) is 1. The number of rotatable bonds is 5. The number of carboxylic acids is 1. The molecule has 1 saturated carbocycles. The molecule has 9 nitrogen and oxygen atoms in total. The molecule has 2 heterocycles. The van der Waals surface area contributed by atoms with E-state index in [4.69, 9.17) is 4.52 Å². The van der Waals surface area contributed by atoms with Gasteiger partial charge in [-0.1, -0.05) is 18.0 Å². The molecule has 0 atom stereocenters. The van der Waals surface area contributed by atoms with Gasteiger partial charge in [-0.25, -0.2) is 13.2 Å². The third-order valence-electron chi connectivity index (χ3n) is 5.62. The van der Waals surface area contributed by atoms with Gasteiger partial charge in [-0.15, -0.1) is 0 Å². The van der Waals surface area contributed by atoms with Crippen LogP contribution in [0, 0.1) is 19.8 Å². The fourth-order valence-electron chi connectivity index (χ4n) is 4.04.